The minimum Gasteiger partial charge on any atom is -0.489 e. The third kappa shape index (κ3) is 16.8. The fraction of sp³-hybridized carbons (Fsp3) is 0.243. The summed E-state index contributed by atoms with van der Waals surface area (Å²) in [4.78, 5) is 30.8. The molecule has 0 spiro atoms. The van der Waals surface area contributed by atoms with Gasteiger partial charge in [-0.2, -0.15) is 0 Å². The van der Waals surface area contributed by atoms with Crippen molar-refractivity contribution in [2.24, 2.45) is 0 Å². The second-order valence-electron chi connectivity index (χ2n) is 21.0. The Kier molecular flexibility index (Phi) is 22.3. The van der Waals surface area contributed by atoms with E-state index in [4.69, 9.17) is 52.1 Å². The zero-order chi connectivity index (χ0) is 60.0. The monoisotopic (exact) mass is 1170 g/mol. The number of esters is 1. The largest absolute Gasteiger partial charge is 0.489 e. The maximum Gasteiger partial charge on any atom is 0.308 e. The molecule has 0 amide bonds. The van der Waals surface area contributed by atoms with Crippen LogP contribution in [0.2, 0.25) is 0 Å². The van der Waals surface area contributed by atoms with E-state index in [0.29, 0.717) is 17.9 Å². The zero-order valence-electron chi connectivity index (χ0n) is 49.1. The number of hydrogen-bond acceptors (Lipinski definition) is 13. The Balaban J connectivity index is 1.19. The molecule has 0 aromatic heterocycles. The van der Waals surface area contributed by atoms with Gasteiger partial charge in [-0.05, 0) is 56.6 Å². The molecule has 9 aromatic rings. The van der Waals surface area contributed by atoms with E-state index in [1.807, 2.05) is 212 Å². The van der Waals surface area contributed by atoms with Crippen LogP contribution in [0.3, 0.4) is 0 Å². The fourth-order valence-electron chi connectivity index (χ4n) is 10.6. The number of rotatable bonds is 30. The highest BCUT2D eigenvalue weighted by atomic mass is 16.7. The van der Waals surface area contributed by atoms with Gasteiger partial charge in [0.2, 0.25) is 0 Å². The summed E-state index contributed by atoms with van der Waals surface area (Å²) in [5.74, 6) is -1.91. The van der Waals surface area contributed by atoms with Crippen LogP contribution in [-0.2, 0) is 84.2 Å². The van der Waals surface area contributed by atoms with Gasteiger partial charge in [-0.15, -0.1) is 0 Å². The first kappa shape index (κ1) is 61.3. The van der Waals surface area contributed by atoms with E-state index in [1.54, 1.807) is 30.3 Å². The van der Waals surface area contributed by atoms with Gasteiger partial charge in [0.1, 0.15) is 73.2 Å². The van der Waals surface area contributed by atoms with E-state index in [2.05, 4.69) is 0 Å². The van der Waals surface area contributed by atoms with E-state index in [0.717, 1.165) is 38.9 Å². The number of ether oxygens (including phenoxy) is 11. The van der Waals surface area contributed by atoms with Crippen molar-refractivity contribution in [3.8, 4) is 23.0 Å². The molecule has 87 heavy (non-hydrogen) atoms. The molecule has 1 saturated heterocycles. The maximum absolute atomic E-state index is 16.5. The summed E-state index contributed by atoms with van der Waals surface area (Å²) in [6.07, 6.45) is -6.21. The Hall–Kier alpha value is -8.76. The smallest absolute Gasteiger partial charge is 0.308 e. The molecule has 1 fully saturated rings. The van der Waals surface area contributed by atoms with Crippen molar-refractivity contribution < 1.29 is 61.7 Å². The minimum atomic E-state index is -1.26. The number of hydrogen-bond donors (Lipinski definition) is 0. The number of methoxy groups -OCH3 is 2. The number of carbonyl (C=O) groups excluding carboxylic acids is 2. The molecule has 0 saturated carbocycles. The molecule has 0 N–H and O–H groups in total. The molecule has 0 radical (unpaired) electrons. The van der Waals surface area contributed by atoms with Crippen LogP contribution >= 0.6 is 0 Å². The van der Waals surface area contributed by atoms with Gasteiger partial charge in [-0.1, -0.05) is 224 Å². The molecule has 0 bridgehead atoms. The minimum absolute atomic E-state index is 0.00507. The third-order valence-corrected chi connectivity index (χ3v) is 14.9. The van der Waals surface area contributed by atoms with Crippen LogP contribution in [0.15, 0.2) is 243 Å². The molecule has 13 heteroatoms. The first-order valence-electron chi connectivity index (χ1n) is 29.1. The van der Waals surface area contributed by atoms with Gasteiger partial charge < -0.3 is 52.1 Å². The van der Waals surface area contributed by atoms with Crippen LogP contribution in [0, 0.1) is 0 Å². The lowest BCUT2D eigenvalue weighted by Crippen LogP contribution is -2.58. The van der Waals surface area contributed by atoms with E-state index in [1.165, 1.54) is 21.1 Å². The molecule has 10 rings (SSSR count). The van der Waals surface area contributed by atoms with Gasteiger partial charge in [0.05, 0.1) is 44.5 Å². The lowest BCUT2D eigenvalue weighted by molar-refractivity contribution is -0.275. The Morgan fingerprint density at radius 1 is 0.437 bits per heavy atom. The van der Waals surface area contributed by atoms with Crippen LogP contribution < -0.4 is 18.9 Å². The second kappa shape index (κ2) is 31.6. The van der Waals surface area contributed by atoms with Crippen LogP contribution in [0.5, 0.6) is 23.0 Å². The Labute approximate surface area is 509 Å². The predicted molar refractivity (Wildman–Crippen MR) is 330 cm³/mol. The number of benzene rings is 9. The van der Waals surface area contributed by atoms with Crippen molar-refractivity contribution >= 4 is 11.8 Å². The van der Waals surface area contributed by atoms with Crippen LogP contribution in [0.4, 0.5) is 0 Å². The quantitative estimate of drug-likeness (QED) is 0.0183. The van der Waals surface area contributed by atoms with Crippen LogP contribution in [0.25, 0.3) is 0 Å². The van der Waals surface area contributed by atoms with Crippen LogP contribution in [-0.4, -0.2) is 63.3 Å². The highest BCUT2D eigenvalue weighted by Crippen LogP contribution is 2.51. The highest BCUT2D eigenvalue weighted by Gasteiger charge is 2.52. The van der Waals surface area contributed by atoms with Gasteiger partial charge in [0, 0.05) is 27.2 Å². The van der Waals surface area contributed by atoms with Crippen molar-refractivity contribution in [3.63, 3.8) is 0 Å². The van der Waals surface area contributed by atoms with Crippen LogP contribution in [0.1, 0.15) is 79.4 Å². The predicted octanol–water partition coefficient (Wildman–Crippen LogP) is 14.3. The van der Waals surface area contributed by atoms with E-state index < -0.39 is 54.5 Å². The molecule has 1 unspecified atom stereocenters. The number of Topliss-reactive ketones (excluding diaryl/α,β-unsaturated/α-hetero) is 1. The molecule has 13 nitrogen and oxygen atoms in total. The summed E-state index contributed by atoms with van der Waals surface area (Å²) in [6.45, 7) is 2.32. The summed E-state index contributed by atoms with van der Waals surface area (Å²) in [5, 5.41) is 0. The lowest BCUT2D eigenvalue weighted by Gasteiger charge is -2.47. The van der Waals surface area contributed by atoms with Gasteiger partial charge in [-0.25, -0.2) is 0 Å². The number of ketones is 1. The Morgan fingerprint density at radius 2 is 0.828 bits per heavy atom. The van der Waals surface area contributed by atoms with E-state index in [9.17, 15) is 4.79 Å². The summed E-state index contributed by atoms with van der Waals surface area (Å²) in [7, 11) is 2.93. The Bertz CT molecular complexity index is 3500. The zero-order valence-corrected chi connectivity index (χ0v) is 49.1. The molecule has 1 aliphatic heterocycles. The van der Waals surface area contributed by atoms with E-state index >= 15 is 4.79 Å². The summed E-state index contributed by atoms with van der Waals surface area (Å²) < 4.78 is 74.5. The average molecular weight is 1170 g/mol. The van der Waals surface area contributed by atoms with Gasteiger partial charge in [0.15, 0.2) is 17.8 Å². The molecular formula is C74H72O13. The standard InChI is InChI=1S/C74H72O13/c1-52(75)86-70-66(68(76)65(74(77-2)78-3)60-39-41-61(42-40-60)80-45-54-27-13-5-14-28-54)62(81-46-55-29-15-6-16-30-55)43-63(82-47-56-31-17-7-18-32-56)67(70)71-73(85-50-59-37-23-10-24-38-59)72(84-49-58-35-21-9-22-36-58)69(83-48-57-33-19-8-20-34-57)64(87-71)51-79-44-53-25-11-4-12-26-53/h4-43,64-65,69,71-74H,44-51H2,1-3H3/t64-,65?,69-,71+,72+,73+/m1/s1. The van der Waals surface area contributed by atoms with Crippen molar-refractivity contribution in [1.29, 1.82) is 0 Å². The number of carbonyl (C=O) groups is 2. The summed E-state index contributed by atoms with van der Waals surface area (Å²) in [5.41, 5.74) is 6.83. The molecular weight excluding hydrogens is 1100 g/mol. The summed E-state index contributed by atoms with van der Waals surface area (Å²) in [6, 6.07) is 77.3. The fourth-order valence-corrected chi connectivity index (χ4v) is 10.6. The first-order chi connectivity index (χ1) is 42.8. The average Bonchev–Trinajstić information content (AvgIpc) is 1.31. The van der Waals surface area contributed by atoms with Gasteiger partial charge >= 0.3 is 5.97 Å². The molecule has 446 valence electrons. The van der Waals surface area contributed by atoms with Crippen molar-refractivity contribution in [2.75, 3.05) is 20.8 Å². The third-order valence-electron chi connectivity index (χ3n) is 14.9. The lowest BCUT2D eigenvalue weighted by atomic mass is 9.84. The molecule has 9 aromatic carbocycles. The normalized spacial score (nSPS) is 16.9. The highest BCUT2D eigenvalue weighted by molar-refractivity contribution is 6.07. The molecule has 1 heterocycles. The summed E-state index contributed by atoms with van der Waals surface area (Å²) >= 11 is 0. The van der Waals surface area contributed by atoms with Crippen molar-refractivity contribution in [3.05, 3.63) is 298 Å². The topological polar surface area (TPSA) is 136 Å². The van der Waals surface area contributed by atoms with Crippen molar-refractivity contribution in [2.45, 2.75) is 95.9 Å². The SMILES string of the molecule is COC(OC)C(C(=O)c1c(OCc2ccccc2)cc(OCc2ccccc2)c([C@@H]2O[C@H](COCc3ccccc3)[C@@H](OCc3ccccc3)[C@H](OCc3ccccc3)[C@H]2OCc2ccccc2)c1OC(C)=O)c1ccc(OCc2ccccc2)cc1. The molecule has 1 aliphatic rings. The van der Waals surface area contributed by atoms with Crippen molar-refractivity contribution in [1.82, 2.24) is 0 Å². The molecule has 0 aliphatic carbocycles. The molecule has 6 atom stereocenters. The second-order valence-corrected chi connectivity index (χ2v) is 21.0. The van der Waals surface area contributed by atoms with E-state index in [-0.39, 0.29) is 74.6 Å². The van der Waals surface area contributed by atoms with Gasteiger partial charge in [0.25, 0.3) is 0 Å². The Morgan fingerprint density at radius 3 is 1.26 bits per heavy atom. The van der Waals surface area contributed by atoms with Gasteiger partial charge in [-0.3, -0.25) is 9.59 Å². The first-order valence-corrected chi connectivity index (χ1v) is 29.1. The maximum atomic E-state index is 16.5.